The Balaban J connectivity index is 1.90. The monoisotopic (exact) mass is 740 g/mol. The maximum atomic E-state index is 13.7. The predicted octanol–water partition coefficient (Wildman–Crippen LogP) is 9.49. The molecule has 0 heterocycles. The molecule has 250 valence electrons. The summed E-state index contributed by atoms with van der Waals surface area (Å²) in [5.41, 5.74) is -4.05. The number of alkyl halides is 6. The zero-order chi connectivity index (χ0) is 34.9. The average Bonchev–Trinajstić information content (AvgIpc) is 3.00. The van der Waals surface area contributed by atoms with Crippen LogP contribution in [-0.4, -0.2) is 23.0 Å². The van der Waals surface area contributed by atoms with Crippen LogP contribution < -0.4 is 15.9 Å². The third-order valence-electron chi connectivity index (χ3n) is 8.12. The van der Waals surface area contributed by atoms with Crippen molar-refractivity contribution in [3.8, 4) is 0 Å². The molecule has 1 N–H and O–H groups in total. The molecule has 0 spiro atoms. The van der Waals surface area contributed by atoms with Gasteiger partial charge in [-0.25, -0.2) is 0 Å². The van der Waals surface area contributed by atoms with Gasteiger partial charge in [0, 0.05) is 0 Å². The first-order valence-corrected chi connectivity index (χ1v) is 19.0. The second-order valence-electron chi connectivity index (χ2n) is 12.5. The van der Waals surface area contributed by atoms with Crippen molar-refractivity contribution >= 4 is 43.0 Å². The van der Waals surface area contributed by atoms with Crippen LogP contribution in [0.5, 0.6) is 0 Å². The van der Waals surface area contributed by atoms with Crippen LogP contribution in [0.1, 0.15) is 47.8 Å². The van der Waals surface area contributed by atoms with Crippen LogP contribution in [0.3, 0.4) is 0 Å². The number of carbonyl (C=O) groups excluding carboxylic acids is 1. The van der Waals surface area contributed by atoms with E-state index < -0.39 is 56.6 Å². The molecule has 5 nitrogen and oxygen atoms in total. The third-order valence-corrected chi connectivity index (χ3v) is 17.3. The maximum absolute atomic E-state index is 13.7. The number of rotatable bonds is 9. The summed E-state index contributed by atoms with van der Waals surface area (Å²) in [5, 5.41) is 12.2. The Labute approximate surface area is 276 Å². The molecular weight excluding hydrogens is 709 g/mol. The van der Waals surface area contributed by atoms with E-state index in [2.05, 4.69) is 20.8 Å². The molecular formula is C34H32BrF6N2O3P. The van der Waals surface area contributed by atoms with Crippen molar-refractivity contribution in [2.24, 2.45) is 5.41 Å². The molecule has 0 aliphatic heterocycles. The van der Waals surface area contributed by atoms with E-state index in [9.17, 15) is 41.3 Å². The number of nitro benzene ring substituents is 1. The molecule has 0 aliphatic carbocycles. The Morgan fingerprint density at radius 1 is 0.787 bits per heavy atom. The van der Waals surface area contributed by atoms with Gasteiger partial charge in [-0.2, -0.15) is 0 Å². The molecule has 0 aromatic heterocycles. The van der Waals surface area contributed by atoms with Crippen LogP contribution in [0.15, 0.2) is 103 Å². The van der Waals surface area contributed by atoms with Crippen molar-refractivity contribution in [2.45, 2.75) is 45.3 Å². The van der Waals surface area contributed by atoms with Crippen molar-refractivity contribution < 1.29 is 36.1 Å². The molecule has 0 radical (unpaired) electrons. The molecule has 0 bridgehead atoms. The minimum absolute atomic E-state index is 0.0158. The van der Waals surface area contributed by atoms with E-state index in [1.54, 1.807) is 12.1 Å². The number of hydrogen-bond donors (Lipinski definition) is 1. The summed E-state index contributed by atoms with van der Waals surface area (Å²) in [7, 11) is 0. The van der Waals surface area contributed by atoms with Gasteiger partial charge in [0.15, 0.2) is 0 Å². The van der Waals surface area contributed by atoms with Gasteiger partial charge in [-0.05, 0) is 0 Å². The molecule has 47 heavy (non-hydrogen) atoms. The Morgan fingerprint density at radius 2 is 1.23 bits per heavy atom. The summed E-state index contributed by atoms with van der Waals surface area (Å²) in [6.45, 7) is 5.46. The number of nitrogens with zero attached hydrogens (tertiary/aromatic N) is 1. The molecule has 0 unspecified atom stereocenters. The van der Waals surface area contributed by atoms with E-state index in [-0.39, 0.29) is 17.9 Å². The van der Waals surface area contributed by atoms with Gasteiger partial charge in [-0.1, -0.05) is 0 Å². The van der Waals surface area contributed by atoms with Gasteiger partial charge in [0.25, 0.3) is 0 Å². The van der Waals surface area contributed by atoms with Gasteiger partial charge in [-0.3, -0.25) is 0 Å². The van der Waals surface area contributed by atoms with Gasteiger partial charge in [0.05, 0.1) is 0 Å². The van der Waals surface area contributed by atoms with Crippen LogP contribution in [0.2, 0.25) is 0 Å². The summed E-state index contributed by atoms with van der Waals surface area (Å²) in [4.78, 5) is 24.5. The summed E-state index contributed by atoms with van der Waals surface area (Å²) in [6.07, 6.45) is -9.72. The number of benzene rings is 4. The number of nitro groups is 1. The van der Waals surface area contributed by atoms with Gasteiger partial charge >= 0.3 is 277 Å². The quantitative estimate of drug-likeness (QED) is 0.0805. The van der Waals surface area contributed by atoms with E-state index in [1.165, 1.54) is 12.1 Å². The SMILES string of the molecule is CC(C)(C)[C@@H](CP(Br)(Cc1ccc([N+](=O)[O-])cc1)(c1ccccc1)c1ccccc1)NC(=O)c1cc(C(F)(F)F)cc(C(F)(F)F)c1. The Kier molecular flexibility index (Phi) is 10.0. The van der Waals surface area contributed by atoms with Gasteiger partial charge in [-0.15, -0.1) is 0 Å². The van der Waals surface area contributed by atoms with Crippen molar-refractivity contribution in [3.05, 3.63) is 135 Å². The van der Waals surface area contributed by atoms with E-state index in [4.69, 9.17) is 0 Å². The second-order valence-corrected chi connectivity index (χ2v) is 22.1. The van der Waals surface area contributed by atoms with Crippen LogP contribution in [0.4, 0.5) is 32.0 Å². The molecule has 1 atom stereocenters. The first-order valence-electron chi connectivity index (χ1n) is 14.4. The van der Waals surface area contributed by atoms with E-state index in [1.807, 2.05) is 81.4 Å². The van der Waals surface area contributed by atoms with Crippen LogP contribution in [-0.2, 0) is 18.5 Å². The normalized spacial score (nSPS) is 14.1. The summed E-state index contributed by atoms with van der Waals surface area (Å²) < 4.78 is 81.8. The standard InChI is InChI=1S/C34H32BrF6N2O3P/c1-32(2,3)30(42-31(44)24-18-25(33(36,37)38)20-26(19-24)34(39,40)41)22-47(35,28-10-6-4-7-11-28,29-12-8-5-9-13-29)21-23-14-16-27(17-15-23)43(45)46/h4-20,30H,21-22H2,1-3H3,(H,42,44)/t30-/m1/s1. The summed E-state index contributed by atoms with van der Waals surface area (Å²) >= 11 is 4.26. The molecule has 0 aliphatic rings. The molecule has 4 aromatic carbocycles. The topological polar surface area (TPSA) is 72.2 Å². The number of halogens is 7. The molecule has 13 heteroatoms. The fourth-order valence-corrected chi connectivity index (χ4v) is 13.9. The van der Waals surface area contributed by atoms with E-state index in [0.717, 1.165) is 16.2 Å². The molecule has 4 aromatic rings. The number of carbonyl (C=O) groups is 1. The van der Waals surface area contributed by atoms with E-state index >= 15 is 0 Å². The molecule has 0 saturated heterocycles. The molecule has 0 saturated carbocycles. The Bertz CT molecular complexity index is 1670. The summed E-state index contributed by atoms with van der Waals surface area (Å²) in [6, 6.07) is 24.9. The van der Waals surface area contributed by atoms with Crippen LogP contribution in [0.25, 0.3) is 0 Å². The van der Waals surface area contributed by atoms with Crippen molar-refractivity contribution in [2.75, 3.05) is 6.16 Å². The first-order chi connectivity index (χ1) is 21.7. The third kappa shape index (κ3) is 8.04. The predicted molar refractivity (Wildman–Crippen MR) is 177 cm³/mol. The Hall–Kier alpha value is -3.76. The Morgan fingerprint density at radius 3 is 1.62 bits per heavy atom. The molecule has 1 amide bonds. The fraction of sp³-hybridized carbons (Fsp3) is 0.265. The van der Waals surface area contributed by atoms with E-state index in [0.29, 0.717) is 18.3 Å². The number of amides is 1. The number of non-ortho nitro benzene ring substituents is 1. The van der Waals surface area contributed by atoms with Gasteiger partial charge in [0.1, 0.15) is 0 Å². The first kappa shape index (κ1) is 36.1. The van der Waals surface area contributed by atoms with Crippen LogP contribution in [0, 0.1) is 15.5 Å². The van der Waals surface area contributed by atoms with Crippen molar-refractivity contribution in [1.82, 2.24) is 5.32 Å². The molecule has 4 rings (SSSR count). The average molecular weight is 742 g/mol. The zero-order valence-corrected chi connectivity index (χ0v) is 28.1. The van der Waals surface area contributed by atoms with Gasteiger partial charge < -0.3 is 0 Å². The number of nitrogens with one attached hydrogen (secondary N) is 1. The zero-order valence-electron chi connectivity index (χ0n) is 25.6. The van der Waals surface area contributed by atoms with Crippen molar-refractivity contribution in [3.63, 3.8) is 0 Å². The fourth-order valence-electron chi connectivity index (χ4n) is 5.49. The minimum atomic E-state index is -5.12. The molecule has 0 fully saturated rings. The van der Waals surface area contributed by atoms with Crippen molar-refractivity contribution in [1.29, 1.82) is 0 Å². The second kappa shape index (κ2) is 13.0. The summed E-state index contributed by atoms with van der Waals surface area (Å²) in [5.74, 6) is -1.09. The number of hydrogen-bond acceptors (Lipinski definition) is 3. The van der Waals surface area contributed by atoms with Gasteiger partial charge in [0.2, 0.25) is 0 Å². The van der Waals surface area contributed by atoms with Crippen LogP contribution >= 0.6 is 20.8 Å².